The summed E-state index contributed by atoms with van der Waals surface area (Å²) in [5, 5.41) is 3.23. The Morgan fingerprint density at radius 1 is 1.00 bits per heavy atom. The topological polar surface area (TPSA) is 65.5 Å². The van der Waals surface area contributed by atoms with Gasteiger partial charge in [0, 0.05) is 25.3 Å². The van der Waals surface area contributed by atoms with Gasteiger partial charge in [-0.05, 0) is 49.2 Å². The number of alkyl halides is 3. The fourth-order valence-corrected chi connectivity index (χ4v) is 3.92. The summed E-state index contributed by atoms with van der Waals surface area (Å²) in [6, 6.07) is 6.88. The van der Waals surface area contributed by atoms with Gasteiger partial charge in [-0.25, -0.2) is 14.3 Å². The summed E-state index contributed by atoms with van der Waals surface area (Å²) in [6.45, 7) is 1.12. The van der Waals surface area contributed by atoms with Gasteiger partial charge in [0.25, 0.3) is 5.91 Å². The Morgan fingerprint density at radius 2 is 1.68 bits per heavy atom. The zero-order valence-electron chi connectivity index (χ0n) is 16.4. The maximum absolute atomic E-state index is 13.1. The third-order valence-electron chi connectivity index (χ3n) is 5.56. The average Bonchev–Trinajstić information content (AvgIpc) is 3.02. The van der Waals surface area contributed by atoms with E-state index in [2.05, 4.69) is 10.3 Å². The van der Waals surface area contributed by atoms with Gasteiger partial charge in [-0.1, -0.05) is 0 Å². The zero-order valence-corrected chi connectivity index (χ0v) is 16.4. The third kappa shape index (κ3) is 4.53. The Balaban J connectivity index is 1.33. The molecule has 2 saturated heterocycles. The molecular weight excluding hydrogens is 416 g/mol. The Bertz CT molecular complexity index is 955. The van der Waals surface area contributed by atoms with Gasteiger partial charge in [-0.2, -0.15) is 13.2 Å². The lowest BCUT2D eigenvalue weighted by Gasteiger charge is -2.34. The van der Waals surface area contributed by atoms with Crippen LogP contribution in [0.5, 0.6) is 0 Å². The standard InChI is InChI=1S/C21H20F4N4O2/c22-14-2-4-16(5-3-14)29-19(30)11-17(20(29)31)27-15-7-9-28(10-8-15)18-6-1-13(12-26-18)21(23,24)25/h1-6,12,15,17,27H,7-11H2/t17-/m0/s1. The number of piperidine rings is 1. The number of hydrogen-bond acceptors (Lipinski definition) is 5. The summed E-state index contributed by atoms with van der Waals surface area (Å²) in [4.78, 5) is 31.9. The number of benzene rings is 1. The molecule has 0 aliphatic carbocycles. The number of nitrogens with zero attached hydrogens (tertiary/aromatic N) is 3. The highest BCUT2D eigenvalue weighted by atomic mass is 19.4. The van der Waals surface area contributed by atoms with Gasteiger partial charge in [0.05, 0.1) is 23.7 Å². The van der Waals surface area contributed by atoms with Crippen molar-refractivity contribution in [2.24, 2.45) is 0 Å². The Morgan fingerprint density at radius 3 is 2.26 bits per heavy atom. The van der Waals surface area contributed by atoms with E-state index in [0.29, 0.717) is 37.4 Å². The molecule has 0 saturated carbocycles. The normalized spacial score (nSPS) is 20.6. The molecule has 2 aliphatic rings. The van der Waals surface area contributed by atoms with Crippen molar-refractivity contribution in [3.8, 4) is 0 Å². The van der Waals surface area contributed by atoms with Crippen molar-refractivity contribution in [3.05, 3.63) is 54.0 Å². The van der Waals surface area contributed by atoms with Gasteiger partial charge in [0.15, 0.2) is 0 Å². The molecule has 1 aromatic heterocycles. The molecule has 1 N–H and O–H groups in total. The molecule has 10 heteroatoms. The fraction of sp³-hybridized carbons (Fsp3) is 0.381. The van der Waals surface area contributed by atoms with Crippen LogP contribution in [0, 0.1) is 5.82 Å². The number of imide groups is 1. The fourth-order valence-electron chi connectivity index (χ4n) is 3.92. The molecule has 164 valence electrons. The predicted octanol–water partition coefficient (Wildman–Crippen LogP) is 3.13. The molecule has 6 nitrogen and oxygen atoms in total. The number of aromatic nitrogens is 1. The third-order valence-corrected chi connectivity index (χ3v) is 5.56. The molecule has 0 radical (unpaired) electrons. The number of carbonyl (C=O) groups excluding carboxylic acids is 2. The lowest BCUT2D eigenvalue weighted by atomic mass is 10.0. The molecule has 1 aromatic carbocycles. The minimum absolute atomic E-state index is 0.0133. The number of halogens is 4. The molecule has 1 atom stereocenters. The van der Waals surface area contributed by atoms with Gasteiger partial charge in [0.2, 0.25) is 5.91 Å². The van der Waals surface area contributed by atoms with E-state index in [4.69, 9.17) is 0 Å². The van der Waals surface area contributed by atoms with Gasteiger partial charge >= 0.3 is 6.18 Å². The molecule has 2 fully saturated rings. The summed E-state index contributed by atoms with van der Waals surface area (Å²) in [7, 11) is 0. The van der Waals surface area contributed by atoms with Crippen LogP contribution in [-0.2, 0) is 15.8 Å². The van der Waals surface area contributed by atoms with Crippen molar-refractivity contribution < 1.29 is 27.2 Å². The first-order valence-electron chi connectivity index (χ1n) is 9.89. The molecule has 4 rings (SSSR count). The van der Waals surface area contributed by atoms with Crippen LogP contribution < -0.4 is 15.1 Å². The number of carbonyl (C=O) groups is 2. The number of nitrogens with one attached hydrogen (secondary N) is 1. The van der Waals surface area contributed by atoms with E-state index >= 15 is 0 Å². The van der Waals surface area contributed by atoms with Crippen LogP contribution in [0.4, 0.5) is 29.1 Å². The minimum Gasteiger partial charge on any atom is -0.357 e. The number of anilines is 2. The second kappa shape index (κ2) is 8.26. The van der Waals surface area contributed by atoms with Crippen LogP contribution in [0.15, 0.2) is 42.6 Å². The molecule has 3 heterocycles. The molecule has 2 aliphatic heterocycles. The molecule has 2 amide bonds. The zero-order chi connectivity index (χ0) is 22.2. The number of amides is 2. The van der Waals surface area contributed by atoms with E-state index in [1.54, 1.807) is 0 Å². The second-order valence-corrected chi connectivity index (χ2v) is 7.63. The largest absolute Gasteiger partial charge is 0.417 e. The summed E-state index contributed by atoms with van der Waals surface area (Å²) >= 11 is 0. The van der Waals surface area contributed by atoms with E-state index in [9.17, 15) is 27.2 Å². The number of rotatable bonds is 4. The van der Waals surface area contributed by atoms with Crippen LogP contribution in [-0.4, -0.2) is 42.0 Å². The predicted molar refractivity (Wildman–Crippen MR) is 105 cm³/mol. The summed E-state index contributed by atoms with van der Waals surface area (Å²) in [6.07, 6.45) is -2.27. The second-order valence-electron chi connectivity index (χ2n) is 7.63. The highest BCUT2D eigenvalue weighted by molar-refractivity contribution is 6.22. The lowest BCUT2D eigenvalue weighted by molar-refractivity contribution is -0.137. The van der Waals surface area contributed by atoms with E-state index in [0.717, 1.165) is 17.2 Å². The number of hydrogen-bond donors (Lipinski definition) is 1. The van der Waals surface area contributed by atoms with Crippen molar-refractivity contribution >= 4 is 23.3 Å². The first kappa shape index (κ1) is 21.2. The first-order chi connectivity index (χ1) is 14.7. The molecule has 0 spiro atoms. The molecule has 31 heavy (non-hydrogen) atoms. The van der Waals surface area contributed by atoms with Crippen LogP contribution in [0.3, 0.4) is 0 Å². The quantitative estimate of drug-likeness (QED) is 0.590. The molecule has 0 bridgehead atoms. The van der Waals surface area contributed by atoms with Crippen molar-refractivity contribution in [1.82, 2.24) is 10.3 Å². The summed E-state index contributed by atoms with van der Waals surface area (Å²) in [5.41, 5.74) is -0.452. The highest BCUT2D eigenvalue weighted by Crippen LogP contribution is 2.30. The van der Waals surface area contributed by atoms with Gasteiger partial charge in [-0.15, -0.1) is 0 Å². The van der Waals surface area contributed by atoms with Crippen LogP contribution in [0.2, 0.25) is 0 Å². The summed E-state index contributed by atoms with van der Waals surface area (Å²) in [5.74, 6) is -0.697. The monoisotopic (exact) mass is 436 g/mol. The van der Waals surface area contributed by atoms with Crippen molar-refractivity contribution in [1.29, 1.82) is 0 Å². The molecular formula is C21H20F4N4O2. The average molecular weight is 436 g/mol. The van der Waals surface area contributed by atoms with Crippen molar-refractivity contribution in [3.63, 3.8) is 0 Å². The van der Waals surface area contributed by atoms with Gasteiger partial charge in [-0.3, -0.25) is 9.59 Å². The van der Waals surface area contributed by atoms with Crippen LogP contribution in [0.25, 0.3) is 0 Å². The van der Waals surface area contributed by atoms with E-state index in [1.807, 2.05) is 4.90 Å². The van der Waals surface area contributed by atoms with Crippen molar-refractivity contribution in [2.45, 2.75) is 37.5 Å². The number of pyridine rings is 1. The van der Waals surface area contributed by atoms with Crippen LogP contribution in [0.1, 0.15) is 24.8 Å². The summed E-state index contributed by atoms with van der Waals surface area (Å²) < 4.78 is 51.2. The maximum atomic E-state index is 13.1. The Kier molecular flexibility index (Phi) is 5.65. The van der Waals surface area contributed by atoms with Gasteiger partial charge < -0.3 is 10.2 Å². The SMILES string of the molecule is O=C1C[C@H](NC2CCN(c3ccc(C(F)(F)F)cn3)CC2)C(=O)N1c1ccc(F)cc1. The Labute approximate surface area is 175 Å². The lowest BCUT2D eigenvalue weighted by Crippen LogP contribution is -2.49. The smallest absolute Gasteiger partial charge is 0.357 e. The highest BCUT2D eigenvalue weighted by Gasteiger charge is 2.40. The van der Waals surface area contributed by atoms with Crippen LogP contribution >= 0.6 is 0 Å². The Hall–Kier alpha value is -3.01. The molecule has 0 unspecified atom stereocenters. The maximum Gasteiger partial charge on any atom is 0.417 e. The first-order valence-corrected chi connectivity index (χ1v) is 9.89. The van der Waals surface area contributed by atoms with Gasteiger partial charge in [0.1, 0.15) is 11.6 Å². The van der Waals surface area contributed by atoms with E-state index in [-0.39, 0.29) is 24.3 Å². The van der Waals surface area contributed by atoms with E-state index in [1.165, 1.54) is 30.3 Å². The molecule has 2 aromatic rings. The van der Waals surface area contributed by atoms with Crippen molar-refractivity contribution in [2.75, 3.05) is 22.9 Å². The minimum atomic E-state index is -4.42. The van der Waals surface area contributed by atoms with E-state index < -0.39 is 23.6 Å².